The van der Waals surface area contributed by atoms with Crippen molar-refractivity contribution in [1.29, 1.82) is 0 Å². The molecule has 104 valence electrons. The number of carbonyl (C=O) groups is 1. The molecule has 1 atom stereocenters. The second kappa shape index (κ2) is 6.21. The molecule has 1 aromatic rings. The van der Waals surface area contributed by atoms with Gasteiger partial charge in [0.15, 0.2) is 0 Å². The molecule has 4 nitrogen and oxygen atoms in total. The quantitative estimate of drug-likeness (QED) is 0.879. The van der Waals surface area contributed by atoms with E-state index in [0.29, 0.717) is 6.54 Å². The maximum absolute atomic E-state index is 13.1. The maximum Gasteiger partial charge on any atom is 0.234 e. The highest BCUT2D eigenvalue weighted by Crippen LogP contribution is 2.25. The Morgan fingerprint density at radius 3 is 3.05 bits per heavy atom. The molecule has 2 rings (SSSR count). The lowest BCUT2D eigenvalue weighted by molar-refractivity contribution is -0.120. The normalized spacial score (nSPS) is 18.7. The van der Waals surface area contributed by atoms with Gasteiger partial charge < -0.3 is 15.5 Å². The Bertz CT molecular complexity index is 469. The number of hydrogen-bond acceptors (Lipinski definition) is 3. The molecule has 1 heterocycles. The Hall–Kier alpha value is -1.33. The summed E-state index contributed by atoms with van der Waals surface area (Å²) in [6, 6.07) is 4.82. The van der Waals surface area contributed by atoms with E-state index in [1.807, 2.05) is 0 Å². The molecule has 1 saturated heterocycles. The molecule has 19 heavy (non-hydrogen) atoms. The van der Waals surface area contributed by atoms with E-state index in [1.54, 1.807) is 19.2 Å². The highest BCUT2D eigenvalue weighted by Gasteiger charge is 2.24. The zero-order chi connectivity index (χ0) is 13.8. The van der Waals surface area contributed by atoms with Gasteiger partial charge in [-0.05, 0) is 31.7 Å². The number of carbonyl (C=O) groups excluding carboxylic acids is 1. The largest absolute Gasteiger partial charge is 0.369 e. The third-order valence-electron chi connectivity index (χ3n) is 3.16. The summed E-state index contributed by atoms with van der Waals surface area (Å²) in [5.74, 6) is -0.421. The lowest BCUT2D eigenvalue weighted by atomic mass is 10.2. The van der Waals surface area contributed by atoms with Crippen molar-refractivity contribution in [3.63, 3.8) is 0 Å². The van der Waals surface area contributed by atoms with Crippen LogP contribution in [0.1, 0.15) is 6.42 Å². The number of hydrogen-bond donors (Lipinski definition) is 2. The van der Waals surface area contributed by atoms with Crippen molar-refractivity contribution in [2.75, 3.05) is 31.6 Å². The van der Waals surface area contributed by atoms with Crippen LogP contribution in [-0.2, 0) is 4.79 Å². The van der Waals surface area contributed by atoms with Crippen LogP contribution in [0.15, 0.2) is 18.2 Å². The summed E-state index contributed by atoms with van der Waals surface area (Å²) >= 11 is 5.77. The van der Waals surface area contributed by atoms with Gasteiger partial charge in [-0.25, -0.2) is 4.39 Å². The summed E-state index contributed by atoms with van der Waals surface area (Å²) in [6.07, 6.45) is 0.879. The topological polar surface area (TPSA) is 44.4 Å². The van der Waals surface area contributed by atoms with Crippen LogP contribution in [0.25, 0.3) is 0 Å². The third-order valence-corrected chi connectivity index (χ3v) is 3.45. The smallest absolute Gasteiger partial charge is 0.234 e. The molecule has 0 saturated carbocycles. The summed E-state index contributed by atoms with van der Waals surface area (Å²) in [5, 5.41) is 5.89. The van der Waals surface area contributed by atoms with Gasteiger partial charge >= 0.3 is 0 Å². The Morgan fingerprint density at radius 1 is 1.58 bits per heavy atom. The second-order valence-corrected chi connectivity index (χ2v) is 5.04. The van der Waals surface area contributed by atoms with Crippen LogP contribution < -0.4 is 15.5 Å². The molecule has 0 aliphatic carbocycles. The lowest BCUT2D eigenvalue weighted by Crippen LogP contribution is -2.41. The van der Waals surface area contributed by atoms with Crippen LogP contribution in [0, 0.1) is 5.82 Å². The number of rotatable bonds is 4. The van der Waals surface area contributed by atoms with Gasteiger partial charge in [-0.15, -0.1) is 0 Å². The fraction of sp³-hybridized carbons (Fsp3) is 0.462. The molecule has 1 aliphatic rings. The monoisotopic (exact) mass is 285 g/mol. The number of likely N-dealkylation sites (N-methyl/N-ethyl adjacent to an activating group) is 1. The van der Waals surface area contributed by atoms with E-state index in [1.165, 1.54) is 6.07 Å². The summed E-state index contributed by atoms with van der Waals surface area (Å²) in [6.45, 7) is 1.86. The first-order chi connectivity index (χ1) is 9.10. The molecule has 0 radical (unpaired) electrons. The standard InChI is InChI=1S/C13H17ClFN3O/c1-16-7-13(19)17-9-4-5-18(8-9)10-2-3-12(15)11(14)6-10/h2-3,6,9,16H,4-5,7-8H2,1H3,(H,17,19). The molecule has 0 bridgehead atoms. The molecule has 1 unspecified atom stereocenters. The number of nitrogens with zero attached hydrogens (tertiary/aromatic N) is 1. The van der Waals surface area contributed by atoms with Crippen LogP contribution >= 0.6 is 11.6 Å². The van der Waals surface area contributed by atoms with Crippen molar-refractivity contribution in [2.24, 2.45) is 0 Å². The number of nitrogens with one attached hydrogen (secondary N) is 2. The molecule has 1 aliphatic heterocycles. The van der Waals surface area contributed by atoms with Crippen LogP contribution in [0.2, 0.25) is 5.02 Å². The van der Waals surface area contributed by atoms with Crippen molar-refractivity contribution in [3.05, 3.63) is 29.0 Å². The summed E-state index contributed by atoms with van der Waals surface area (Å²) in [4.78, 5) is 13.6. The van der Waals surface area contributed by atoms with E-state index in [-0.39, 0.29) is 17.0 Å². The van der Waals surface area contributed by atoms with Crippen molar-refractivity contribution in [1.82, 2.24) is 10.6 Å². The second-order valence-electron chi connectivity index (χ2n) is 4.63. The Kier molecular flexibility index (Phi) is 4.61. The fourth-order valence-corrected chi connectivity index (χ4v) is 2.41. The van der Waals surface area contributed by atoms with Crippen LogP contribution in [0.4, 0.5) is 10.1 Å². The van der Waals surface area contributed by atoms with Gasteiger partial charge in [0.1, 0.15) is 5.82 Å². The molecule has 1 fully saturated rings. The Labute approximate surface area is 116 Å². The van der Waals surface area contributed by atoms with Gasteiger partial charge in [0.05, 0.1) is 11.6 Å². The van der Waals surface area contributed by atoms with Crippen LogP contribution in [0.3, 0.4) is 0 Å². The number of amides is 1. The van der Waals surface area contributed by atoms with Gasteiger partial charge in [-0.2, -0.15) is 0 Å². The van der Waals surface area contributed by atoms with Crippen molar-refractivity contribution < 1.29 is 9.18 Å². The number of benzene rings is 1. The number of anilines is 1. The Balaban J connectivity index is 1.94. The van der Waals surface area contributed by atoms with E-state index >= 15 is 0 Å². The maximum atomic E-state index is 13.1. The SMILES string of the molecule is CNCC(=O)NC1CCN(c2ccc(F)c(Cl)c2)C1. The average Bonchev–Trinajstić information content (AvgIpc) is 2.81. The minimum Gasteiger partial charge on any atom is -0.369 e. The molecule has 2 N–H and O–H groups in total. The minimum absolute atomic E-state index is 0.00788. The first kappa shape index (κ1) is 14.1. The molecule has 6 heteroatoms. The molecule has 0 aromatic heterocycles. The van der Waals surface area contributed by atoms with Crippen molar-refractivity contribution in [2.45, 2.75) is 12.5 Å². The highest BCUT2D eigenvalue weighted by molar-refractivity contribution is 6.31. The van der Waals surface area contributed by atoms with E-state index in [4.69, 9.17) is 11.6 Å². The van der Waals surface area contributed by atoms with E-state index in [9.17, 15) is 9.18 Å². The van der Waals surface area contributed by atoms with Gasteiger partial charge in [-0.3, -0.25) is 4.79 Å². The predicted molar refractivity (Wildman–Crippen MR) is 74.1 cm³/mol. The molecule has 1 aromatic carbocycles. The average molecular weight is 286 g/mol. The Morgan fingerprint density at radius 2 is 2.37 bits per heavy atom. The van der Waals surface area contributed by atoms with Gasteiger partial charge in [0.2, 0.25) is 5.91 Å². The zero-order valence-electron chi connectivity index (χ0n) is 10.7. The number of halogens is 2. The van der Waals surface area contributed by atoms with E-state index in [2.05, 4.69) is 15.5 Å². The van der Waals surface area contributed by atoms with E-state index < -0.39 is 5.82 Å². The van der Waals surface area contributed by atoms with Gasteiger partial charge in [-0.1, -0.05) is 11.6 Å². The summed E-state index contributed by atoms with van der Waals surface area (Å²) < 4.78 is 13.1. The first-order valence-electron chi connectivity index (χ1n) is 6.24. The highest BCUT2D eigenvalue weighted by atomic mass is 35.5. The third kappa shape index (κ3) is 3.58. The lowest BCUT2D eigenvalue weighted by Gasteiger charge is -2.19. The molecular weight excluding hydrogens is 269 g/mol. The molecular formula is C13H17ClFN3O. The van der Waals surface area contributed by atoms with Crippen molar-refractivity contribution in [3.8, 4) is 0 Å². The van der Waals surface area contributed by atoms with Crippen molar-refractivity contribution >= 4 is 23.2 Å². The zero-order valence-corrected chi connectivity index (χ0v) is 11.5. The minimum atomic E-state index is -0.413. The molecule has 1 amide bonds. The molecule has 0 spiro atoms. The van der Waals surface area contributed by atoms with E-state index in [0.717, 1.165) is 25.2 Å². The first-order valence-corrected chi connectivity index (χ1v) is 6.62. The van der Waals surface area contributed by atoms with Gasteiger partial charge in [0.25, 0.3) is 0 Å². The van der Waals surface area contributed by atoms with Crippen LogP contribution in [0.5, 0.6) is 0 Å². The predicted octanol–water partition coefficient (Wildman–Crippen LogP) is 1.39. The summed E-state index contributed by atoms with van der Waals surface area (Å²) in [7, 11) is 1.74. The van der Waals surface area contributed by atoms with Gasteiger partial charge in [0, 0.05) is 24.8 Å². The van der Waals surface area contributed by atoms with Crippen LogP contribution in [-0.4, -0.2) is 38.6 Å². The summed E-state index contributed by atoms with van der Waals surface area (Å²) in [5.41, 5.74) is 0.886. The fourth-order valence-electron chi connectivity index (χ4n) is 2.23.